The molecule has 1 amide bonds. The zero-order valence-electron chi connectivity index (χ0n) is 9.56. The van der Waals surface area contributed by atoms with Gasteiger partial charge in [-0.1, -0.05) is 35.5 Å². The van der Waals surface area contributed by atoms with E-state index in [1.54, 1.807) is 18.2 Å². The monoisotopic (exact) mass is 281 g/mol. The Hall–Kier alpha value is -1.26. The Bertz CT molecular complexity index is 484. The summed E-state index contributed by atoms with van der Waals surface area (Å²) in [6, 6.07) is 6.83. The Morgan fingerprint density at radius 3 is 2.72 bits per heavy atom. The van der Waals surface area contributed by atoms with Crippen LogP contribution in [0.4, 0.5) is 0 Å². The fourth-order valence-corrected chi connectivity index (χ4v) is 2.65. The van der Waals surface area contributed by atoms with Gasteiger partial charge in [-0.15, -0.1) is 0 Å². The van der Waals surface area contributed by atoms with Crippen LogP contribution in [-0.4, -0.2) is 22.8 Å². The third-order valence-electron chi connectivity index (χ3n) is 2.55. The normalized spacial score (nSPS) is 19.4. The SMILES string of the molecule is O=C(/C=C/c1ccc(Cl)cc1)NC1CCSC1=O. The molecule has 1 aliphatic rings. The quantitative estimate of drug-likeness (QED) is 0.866. The molecule has 1 saturated heterocycles. The van der Waals surface area contributed by atoms with Crippen LogP contribution in [0.15, 0.2) is 30.3 Å². The maximum absolute atomic E-state index is 11.6. The second-order valence-electron chi connectivity index (χ2n) is 3.90. The molecule has 0 aromatic heterocycles. The van der Waals surface area contributed by atoms with Gasteiger partial charge >= 0.3 is 0 Å². The topological polar surface area (TPSA) is 46.2 Å². The van der Waals surface area contributed by atoms with Crippen LogP contribution in [0.3, 0.4) is 0 Å². The highest BCUT2D eigenvalue weighted by atomic mass is 35.5. The zero-order chi connectivity index (χ0) is 13.0. The van der Waals surface area contributed by atoms with E-state index >= 15 is 0 Å². The van der Waals surface area contributed by atoms with Gasteiger partial charge in [0.25, 0.3) is 0 Å². The summed E-state index contributed by atoms with van der Waals surface area (Å²) in [5.74, 6) is 0.538. The predicted molar refractivity (Wildman–Crippen MR) is 74.5 cm³/mol. The van der Waals surface area contributed by atoms with Crippen molar-refractivity contribution in [2.24, 2.45) is 0 Å². The van der Waals surface area contributed by atoms with Gasteiger partial charge in [0.05, 0.1) is 6.04 Å². The number of amides is 1. The molecule has 0 bridgehead atoms. The lowest BCUT2D eigenvalue weighted by atomic mass is 10.2. The summed E-state index contributed by atoms with van der Waals surface area (Å²) < 4.78 is 0. The summed E-state index contributed by atoms with van der Waals surface area (Å²) in [6.07, 6.45) is 3.84. The molecule has 0 aliphatic carbocycles. The minimum absolute atomic E-state index is 0.0447. The molecule has 0 radical (unpaired) electrons. The van der Waals surface area contributed by atoms with Crippen molar-refractivity contribution in [3.63, 3.8) is 0 Å². The van der Waals surface area contributed by atoms with E-state index in [4.69, 9.17) is 11.6 Å². The second kappa shape index (κ2) is 6.07. The Morgan fingerprint density at radius 2 is 2.11 bits per heavy atom. The molecule has 1 fully saturated rings. The van der Waals surface area contributed by atoms with Crippen LogP contribution in [-0.2, 0) is 9.59 Å². The largest absolute Gasteiger partial charge is 0.342 e. The van der Waals surface area contributed by atoms with E-state index in [0.29, 0.717) is 11.4 Å². The summed E-state index contributed by atoms with van der Waals surface area (Å²) in [4.78, 5) is 22.9. The molecule has 94 valence electrons. The second-order valence-corrected chi connectivity index (χ2v) is 5.44. The Morgan fingerprint density at radius 1 is 1.39 bits per heavy atom. The number of thioether (sulfide) groups is 1. The van der Waals surface area contributed by atoms with Gasteiger partial charge < -0.3 is 5.32 Å². The molecule has 18 heavy (non-hydrogen) atoms. The first-order valence-electron chi connectivity index (χ1n) is 5.56. The van der Waals surface area contributed by atoms with Gasteiger partial charge in [-0.3, -0.25) is 9.59 Å². The van der Waals surface area contributed by atoms with E-state index in [0.717, 1.165) is 11.3 Å². The van der Waals surface area contributed by atoms with Gasteiger partial charge in [-0.05, 0) is 30.2 Å². The van der Waals surface area contributed by atoms with Crippen molar-refractivity contribution >= 4 is 40.5 Å². The van der Waals surface area contributed by atoms with Crippen LogP contribution in [0.25, 0.3) is 6.08 Å². The molecule has 2 rings (SSSR count). The predicted octanol–water partition coefficient (Wildman–Crippen LogP) is 2.50. The first-order chi connectivity index (χ1) is 8.65. The van der Waals surface area contributed by atoms with Crippen molar-refractivity contribution in [3.05, 3.63) is 40.9 Å². The minimum Gasteiger partial charge on any atom is -0.342 e. The first kappa shape index (κ1) is 13.2. The molecule has 1 aromatic rings. The van der Waals surface area contributed by atoms with E-state index in [1.807, 2.05) is 12.1 Å². The molecule has 1 unspecified atom stereocenters. The van der Waals surface area contributed by atoms with E-state index in [-0.39, 0.29) is 17.1 Å². The number of benzene rings is 1. The Labute approximate surface area is 115 Å². The molecule has 1 aromatic carbocycles. The molecule has 1 N–H and O–H groups in total. The molecule has 0 saturated carbocycles. The van der Waals surface area contributed by atoms with Crippen molar-refractivity contribution in [2.45, 2.75) is 12.5 Å². The third kappa shape index (κ3) is 3.62. The maximum Gasteiger partial charge on any atom is 0.244 e. The van der Waals surface area contributed by atoms with Gasteiger partial charge in [-0.2, -0.15) is 0 Å². The van der Waals surface area contributed by atoms with Crippen molar-refractivity contribution in [2.75, 3.05) is 5.75 Å². The highest BCUT2D eigenvalue weighted by molar-refractivity contribution is 8.14. The summed E-state index contributed by atoms with van der Waals surface area (Å²) in [6.45, 7) is 0. The highest BCUT2D eigenvalue weighted by Crippen LogP contribution is 2.19. The van der Waals surface area contributed by atoms with Crippen molar-refractivity contribution in [1.29, 1.82) is 0 Å². The minimum atomic E-state index is -0.336. The van der Waals surface area contributed by atoms with Gasteiger partial charge in [0.2, 0.25) is 11.0 Å². The zero-order valence-corrected chi connectivity index (χ0v) is 11.1. The van der Waals surface area contributed by atoms with Crippen LogP contribution in [0, 0.1) is 0 Å². The van der Waals surface area contributed by atoms with Crippen LogP contribution in [0.5, 0.6) is 0 Å². The van der Waals surface area contributed by atoms with Crippen molar-refractivity contribution < 1.29 is 9.59 Å². The maximum atomic E-state index is 11.6. The molecule has 0 spiro atoms. The Kier molecular flexibility index (Phi) is 4.44. The van der Waals surface area contributed by atoms with E-state index in [9.17, 15) is 9.59 Å². The molecular weight excluding hydrogens is 270 g/mol. The molecule has 3 nitrogen and oxygen atoms in total. The van der Waals surface area contributed by atoms with Crippen LogP contribution >= 0.6 is 23.4 Å². The van der Waals surface area contributed by atoms with Crippen molar-refractivity contribution in [1.82, 2.24) is 5.32 Å². The lowest BCUT2D eigenvalue weighted by Gasteiger charge is -2.06. The third-order valence-corrected chi connectivity index (χ3v) is 3.81. The number of carbonyl (C=O) groups is 2. The number of carbonyl (C=O) groups excluding carboxylic acids is 2. The average molecular weight is 282 g/mol. The van der Waals surface area contributed by atoms with Gasteiger partial charge in [0.15, 0.2) is 0 Å². The number of rotatable bonds is 3. The summed E-state index contributed by atoms with van der Waals surface area (Å²) >= 11 is 7.03. The van der Waals surface area contributed by atoms with Gasteiger partial charge in [0, 0.05) is 16.9 Å². The van der Waals surface area contributed by atoms with Crippen LogP contribution in [0.1, 0.15) is 12.0 Å². The lowest BCUT2D eigenvalue weighted by Crippen LogP contribution is -2.35. The fraction of sp³-hybridized carbons (Fsp3) is 0.231. The summed E-state index contributed by atoms with van der Waals surface area (Å²) in [5.41, 5.74) is 0.890. The summed E-state index contributed by atoms with van der Waals surface area (Å²) in [7, 11) is 0. The smallest absolute Gasteiger partial charge is 0.244 e. The molecule has 5 heteroatoms. The molecule has 1 heterocycles. The van der Waals surface area contributed by atoms with E-state index in [2.05, 4.69) is 5.32 Å². The van der Waals surface area contributed by atoms with Gasteiger partial charge in [-0.25, -0.2) is 0 Å². The molecular formula is C13H12ClNO2S. The van der Waals surface area contributed by atoms with Crippen molar-refractivity contribution in [3.8, 4) is 0 Å². The van der Waals surface area contributed by atoms with Crippen LogP contribution in [0.2, 0.25) is 5.02 Å². The highest BCUT2D eigenvalue weighted by Gasteiger charge is 2.25. The van der Waals surface area contributed by atoms with Gasteiger partial charge in [0.1, 0.15) is 0 Å². The average Bonchev–Trinajstić information content (AvgIpc) is 2.74. The first-order valence-corrected chi connectivity index (χ1v) is 6.92. The number of hydrogen-bond acceptors (Lipinski definition) is 3. The van der Waals surface area contributed by atoms with E-state index in [1.165, 1.54) is 17.8 Å². The standard InChI is InChI=1S/C13H12ClNO2S/c14-10-4-1-9(2-5-10)3-6-12(16)15-11-7-8-18-13(11)17/h1-6,11H,7-8H2,(H,15,16)/b6-3+. The number of nitrogens with one attached hydrogen (secondary N) is 1. The summed E-state index contributed by atoms with van der Waals surface area (Å²) in [5, 5.41) is 3.39. The number of hydrogen-bond donors (Lipinski definition) is 1. The lowest BCUT2D eigenvalue weighted by molar-refractivity contribution is -0.120. The van der Waals surface area contributed by atoms with E-state index < -0.39 is 0 Å². The Balaban J connectivity index is 1.90. The molecule has 1 aliphatic heterocycles. The fourth-order valence-electron chi connectivity index (χ4n) is 1.59. The van der Waals surface area contributed by atoms with Crippen LogP contribution < -0.4 is 5.32 Å². The molecule has 1 atom stereocenters. The number of halogens is 1.